The predicted octanol–water partition coefficient (Wildman–Crippen LogP) is 3.62. The minimum atomic E-state index is -0.267. The summed E-state index contributed by atoms with van der Waals surface area (Å²) in [6.45, 7) is 0. The van der Waals surface area contributed by atoms with Crippen LogP contribution >= 0.6 is 34.2 Å². The van der Waals surface area contributed by atoms with Gasteiger partial charge < -0.3 is 5.32 Å². The molecule has 1 aromatic heterocycles. The van der Waals surface area contributed by atoms with E-state index in [1.54, 1.807) is 18.2 Å². The summed E-state index contributed by atoms with van der Waals surface area (Å²) in [6.07, 6.45) is 0. The number of halogens is 3. The summed E-state index contributed by atoms with van der Waals surface area (Å²) in [5, 5.41) is 10.9. The normalized spacial score (nSPS) is 10.2. The third-order valence-corrected chi connectivity index (χ3v) is 2.92. The van der Waals surface area contributed by atoms with E-state index in [2.05, 4.69) is 15.5 Å². The van der Waals surface area contributed by atoms with Crippen LogP contribution in [0.5, 0.6) is 0 Å². The van der Waals surface area contributed by atoms with Gasteiger partial charge in [0.25, 0.3) is 0 Å². The molecule has 0 radical (unpaired) electrons. The molecule has 0 amide bonds. The van der Waals surface area contributed by atoms with Gasteiger partial charge in [0.15, 0.2) is 11.0 Å². The van der Waals surface area contributed by atoms with E-state index >= 15 is 0 Å². The first-order chi connectivity index (χ1) is 7.65. The second-order valence-electron chi connectivity index (χ2n) is 2.99. The van der Waals surface area contributed by atoms with E-state index in [1.165, 1.54) is 12.1 Å². The van der Waals surface area contributed by atoms with Crippen LogP contribution in [0, 0.1) is 9.39 Å². The molecule has 2 aromatic rings. The van der Waals surface area contributed by atoms with Crippen molar-refractivity contribution < 1.29 is 4.39 Å². The van der Waals surface area contributed by atoms with E-state index < -0.39 is 0 Å². The van der Waals surface area contributed by atoms with Gasteiger partial charge in [-0.1, -0.05) is 11.6 Å². The highest BCUT2D eigenvalue weighted by Gasteiger charge is 2.02. The maximum absolute atomic E-state index is 12.9. The number of benzene rings is 1. The molecule has 1 heterocycles. The van der Waals surface area contributed by atoms with Gasteiger partial charge in [0.2, 0.25) is 0 Å². The van der Waals surface area contributed by atoms with Gasteiger partial charge in [-0.2, -0.15) is 0 Å². The third kappa shape index (κ3) is 2.79. The van der Waals surface area contributed by atoms with Crippen molar-refractivity contribution in [2.75, 3.05) is 5.32 Å². The van der Waals surface area contributed by atoms with Crippen LogP contribution in [0.15, 0.2) is 30.3 Å². The van der Waals surface area contributed by atoms with Gasteiger partial charge in [0, 0.05) is 3.57 Å². The van der Waals surface area contributed by atoms with Crippen LogP contribution in [0.4, 0.5) is 15.9 Å². The Hall–Kier alpha value is -0.950. The largest absolute Gasteiger partial charge is 0.338 e. The number of hydrogen-bond donors (Lipinski definition) is 1. The monoisotopic (exact) mass is 349 g/mol. The Morgan fingerprint density at radius 2 is 2.00 bits per heavy atom. The Kier molecular flexibility index (Phi) is 3.55. The minimum Gasteiger partial charge on any atom is -0.338 e. The van der Waals surface area contributed by atoms with Crippen molar-refractivity contribution in [3.05, 3.63) is 44.9 Å². The summed E-state index contributed by atoms with van der Waals surface area (Å²) in [4.78, 5) is 0. The summed E-state index contributed by atoms with van der Waals surface area (Å²) in [6, 6.07) is 7.80. The lowest BCUT2D eigenvalue weighted by Gasteiger charge is -2.06. The van der Waals surface area contributed by atoms with Crippen molar-refractivity contribution in [1.29, 1.82) is 0 Å². The molecule has 0 spiro atoms. The van der Waals surface area contributed by atoms with Crippen molar-refractivity contribution in [2.45, 2.75) is 0 Å². The predicted molar refractivity (Wildman–Crippen MR) is 69.4 cm³/mol. The Labute approximate surface area is 110 Å². The SMILES string of the molecule is Fc1ccc(Nc2ccc(Cl)nn2)c(I)c1. The van der Waals surface area contributed by atoms with E-state index in [0.717, 1.165) is 9.26 Å². The van der Waals surface area contributed by atoms with Crippen LogP contribution in [-0.2, 0) is 0 Å². The quantitative estimate of drug-likeness (QED) is 0.842. The maximum atomic E-state index is 12.9. The highest BCUT2D eigenvalue weighted by atomic mass is 127. The molecule has 0 bridgehead atoms. The number of rotatable bonds is 2. The maximum Gasteiger partial charge on any atom is 0.153 e. The summed E-state index contributed by atoms with van der Waals surface area (Å²) in [7, 11) is 0. The highest BCUT2D eigenvalue weighted by Crippen LogP contribution is 2.22. The molecule has 0 atom stereocenters. The first kappa shape index (κ1) is 11.5. The van der Waals surface area contributed by atoms with Gasteiger partial charge in [0.1, 0.15) is 5.82 Å². The topological polar surface area (TPSA) is 37.8 Å². The molecular weight excluding hydrogens is 343 g/mol. The van der Waals surface area contributed by atoms with Crippen LogP contribution in [0.2, 0.25) is 5.15 Å². The van der Waals surface area contributed by atoms with Gasteiger partial charge in [0.05, 0.1) is 5.69 Å². The van der Waals surface area contributed by atoms with E-state index in [9.17, 15) is 4.39 Å². The molecule has 0 saturated heterocycles. The summed E-state index contributed by atoms with van der Waals surface area (Å²) >= 11 is 7.66. The molecule has 0 unspecified atom stereocenters. The second-order valence-corrected chi connectivity index (χ2v) is 4.54. The number of aromatic nitrogens is 2. The van der Waals surface area contributed by atoms with Crippen LogP contribution in [0.1, 0.15) is 0 Å². The summed E-state index contributed by atoms with van der Waals surface area (Å²) in [5.74, 6) is 0.297. The van der Waals surface area contributed by atoms with Crippen molar-refractivity contribution in [2.24, 2.45) is 0 Å². The van der Waals surface area contributed by atoms with E-state index in [4.69, 9.17) is 11.6 Å². The average molecular weight is 350 g/mol. The smallest absolute Gasteiger partial charge is 0.153 e. The Bertz CT molecular complexity index is 504. The molecule has 0 aliphatic carbocycles. The zero-order chi connectivity index (χ0) is 11.5. The molecule has 0 fully saturated rings. The third-order valence-electron chi connectivity index (χ3n) is 1.83. The standard InChI is InChI=1S/C10H6ClFIN3/c11-9-3-4-10(16-15-9)14-8-2-1-6(12)5-7(8)13/h1-5H,(H,14,16). The van der Waals surface area contributed by atoms with Crippen LogP contribution in [-0.4, -0.2) is 10.2 Å². The van der Waals surface area contributed by atoms with Crippen molar-refractivity contribution in [3.63, 3.8) is 0 Å². The van der Waals surface area contributed by atoms with Crippen LogP contribution in [0.3, 0.4) is 0 Å². The number of anilines is 2. The van der Waals surface area contributed by atoms with E-state index in [-0.39, 0.29) is 5.82 Å². The molecule has 82 valence electrons. The van der Waals surface area contributed by atoms with Crippen molar-refractivity contribution in [1.82, 2.24) is 10.2 Å². The number of nitrogens with zero attached hydrogens (tertiary/aromatic N) is 2. The first-order valence-electron chi connectivity index (χ1n) is 4.36. The molecule has 0 aliphatic rings. The molecular formula is C10H6ClFIN3. The van der Waals surface area contributed by atoms with Crippen LogP contribution in [0.25, 0.3) is 0 Å². The Morgan fingerprint density at radius 1 is 1.19 bits per heavy atom. The van der Waals surface area contributed by atoms with Gasteiger partial charge in [-0.15, -0.1) is 10.2 Å². The minimum absolute atomic E-state index is 0.267. The molecule has 0 aliphatic heterocycles. The highest BCUT2D eigenvalue weighted by molar-refractivity contribution is 14.1. The van der Waals surface area contributed by atoms with E-state index in [0.29, 0.717) is 11.0 Å². The molecule has 6 heteroatoms. The second kappa shape index (κ2) is 4.92. The zero-order valence-corrected chi connectivity index (χ0v) is 10.8. The van der Waals surface area contributed by atoms with E-state index in [1.807, 2.05) is 22.6 Å². The molecule has 2 rings (SSSR count). The number of nitrogens with one attached hydrogen (secondary N) is 1. The summed E-state index contributed by atoms with van der Waals surface area (Å²) < 4.78 is 13.6. The Balaban J connectivity index is 2.23. The number of hydrogen-bond acceptors (Lipinski definition) is 3. The van der Waals surface area contributed by atoms with Crippen molar-refractivity contribution >= 4 is 45.7 Å². The molecule has 16 heavy (non-hydrogen) atoms. The van der Waals surface area contributed by atoms with Gasteiger partial charge in [-0.25, -0.2) is 4.39 Å². The van der Waals surface area contributed by atoms with Gasteiger partial charge in [-0.3, -0.25) is 0 Å². The van der Waals surface area contributed by atoms with Crippen LogP contribution < -0.4 is 5.32 Å². The lowest BCUT2D eigenvalue weighted by atomic mass is 10.3. The molecule has 1 N–H and O–H groups in total. The average Bonchev–Trinajstić information content (AvgIpc) is 2.25. The molecule has 3 nitrogen and oxygen atoms in total. The Morgan fingerprint density at radius 3 is 2.62 bits per heavy atom. The fourth-order valence-corrected chi connectivity index (χ4v) is 1.82. The zero-order valence-electron chi connectivity index (χ0n) is 7.92. The van der Waals surface area contributed by atoms with Crippen molar-refractivity contribution in [3.8, 4) is 0 Å². The van der Waals surface area contributed by atoms with Gasteiger partial charge in [-0.05, 0) is 52.9 Å². The van der Waals surface area contributed by atoms with Gasteiger partial charge >= 0.3 is 0 Å². The lowest BCUT2D eigenvalue weighted by Crippen LogP contribution is -1.97. The summed E-state index contributed by atoms with van der Waals surface area (Å²) in [5.41, 5.74) is 0.777. The fourth-order valence-electron chi connectivity index (χ4n) is 1.11. The molecule has 0 saturated carbocycles. The fraction of sp³-hybridized carbons (Fsp3) is 0. The first-order valence-corrected chi connectivity index (χ1v) is 5.82. The molecule has 1 aromatic carbocycles. The lowest BCUT2D eigenvalue weighted by molar-refractivity contribution is 0.627.